The molecule has 1 rings (SSSR count). The molecule has 0 unspecified atom stereocenters. The molecule has 0 spiro atoms. The highest BCUT2D eigenvalue weighted by Crippen LogP contribution is 2.08. The van der Waals surface area contributed by atoms with Crippen molar-refractivity contribution in [3.8, 4) is 0 Å². The van der Waals surface area contributed by atoms with Crippen LogP contribution >= 0.6 is 11.3 Å². The maximum absolute atomic E-state index is 10.6. The van der Waals surface area contributed by atoms with E-state index in [-0.39, 0.29) is 5.97 Å². The van der Waals surface area contributed by atoms with E-state index in [1.807, 2.05) is 5.38 Å². The number of hydrogen-bond acceptors (Lipinski definition) is 3. The topological polar surface area (TPSA) is 26.3 Å². The van der Waals surface area contributed by atoms with Gasteiger partial charge in [0.1, 0.15) is 12.0 Å². The number of carbonyl (C=O) groups excluding carboxylic acids is 1. The van der Waals surface area contributed by atoms with Crippen molar-refractivity contribution in [2.45, 2.75) is 0 Å². The van der Waals surface area contributed by atoms with Crippen molar-refractivity contribution in [3.63, 3.8) is 0 Å². The molecule has 0 aliphatic heterocycles. The van der Waals surface area contributed by atoms with Crippen LogP contribution in [0.5, 0.6) is 0 Å². The van der Waals surface area contributed by atoms with Gasteiger partial charge in [-0.2, -0.15) is 0 Å². The molecular formula is C6H5O2S. The van der Waals surface area contributed by atoms with Gasteiger partial charge in [0.05, 0.1) is 0 Å². The molecule has 0 atom stereocenters. The van der Waals surface area contributed by atoms with Crippen molar-refractivity contribution in [1.82, 2.24) is 0 Å². The van der Waals surface area contributed by atoms with Crippen molar-refractivity contribution in [2.75, 3.05) is 0 Å². The van der Waals surface area contributed by atoms with Gasteiger partial charge >= 0.3 is 5.97 Å². The molecule has 0 saturated heterocycles. The van der Waals surface area contributed by atoms with E-state index in [1.54, 1.807) is 12.1 Å². The zero-order chi connectivity index (χ0) is 6.69. The fourth-order valence-corrected chi connectivity index (χ4v) is 1.08. The minimum Gasteiger partial charge on any atom is -0.458 e. The molecule has 2 nitrogen and oxygen atoms in total. The summed E-state index contributed by atoms with van der Waals surface area (Å²) in [5.41, 5.74) is 0. The lowest BCUT2D eigenvalue weighted by Crippen LogP contribution is -1.94. The molecule has 1 aromatic rings. The van der Waals surface area contributed by atoms with Gasteiger partial charge in [0.15, 0.2) is 0 Å². The Morgan fingerprint density at radius 3 is 3.00 bits per heavy atom. The van der Waals surface area contributed by atoms with Crippen LogP contribution in [-0.2, 0) is 4.74 Å². The maximum Gasteiger partial charge on any atom is 0.348 e. The summed E-state index contributed by atoms with van der Waals surface area (Å²) < 4.78 is 4.22. The first-order chi connectivity index (χ1) is 4.34. The number of esters is 1. The lowest BCUT2D eigenvalue weighted by Gasteiger charge is -1.89. The highest BCUT2D eigenvalue weighted by molar-refractivity contribution is 7.11. The van der Waals surface area contributed by atoms with Crippen molar-refractivity contribution in [2.24, 2.45) is 0 Å². The van der Waals surface area contributed by atoms with E-state index >= 15 is 0 Å². The van der Waals surface area contributed by atoms with E-state index in [0.29, 0.717) is 4.88 Å². The smallest absolute Gasteiger partial charge is 0.348 e. The minimum absolute atomic E-state index is 0.370. The minimum atomic E-state index is -0.370. The van der Waals surface area contributed by atoms with Gasteiger partial charge in [-0.15, -0.1) is 11.3 Å². The number of carbonyl (C=O) groups is 1. The Bertz CT molecular complexity index is 191. The van der Waals surface area contributed by atoms with Crippen LogP contribution in [0.4, 0.5) is 0 Å². The van der Waals surface area contributed by atoms with Crippen molar-refractivity contribution in [1.29, 1.82) is 0 Å². The molecule has 0 aromatic carbocycles. The molecule has 0 saturated carbocycles. The molecule has 9 heavy (non-hydrogen) atoms. The Hall–Kier alpha value is -0.830. The van der Waals surface area contributed by atoms with Gasteiger partial charge in [-0.25, -0.2) is 4.79 Å². The van der Waals surface area contributed by atoms with Crippen LogP contribution in [0.15, 0.2) is 17.5 Å². The van der Waals surface area contributed by atoms with Crippen LogP contribution in [0.1, 0.15) is 9.67 Å². The van der Waals surface area contributed by atoms with Crippen LogP contribution in [0.3, 0.4) is 0 Å². The zero-order valence-electron chi connectivity index (χ0n) is 4.66. The molecule has 0 N–H and O–H groups in total. The summed E-state index contributed by atoms with van der Waals surface area (Å²) in [4.78, 5) is 11.2. The van der Waals surface area contributed by atoms with Gasteiger partial charge in [-0.3, -0.25) is 0 Å². The van der Waals surface area contributed by atoms with E-state index in [9.17, 15) is 4.79 Å². The molecule has 0 fully saturated rings. The summed E-state index contributed by atoms with van der Waals surface area (Å²) in [6.07, 6.45) is 0. The zero-order valence-corrected chi connectivity index (χ0v) is 5.48. The molecule has 1 radical (unpaired) electrons. The van der Waals surface area contributed by atoms with Crippen LogP contribution < -0.4 is 0 Å². The average molecular weight is 141 g/mol. The molecule has 1 heterocycles. The summed E-state index contributed by atoms with van der Waals surface area (Å²) in [5.74, 6) is -0.370. The first-order valence-electron chi connectivity index (χ1n) is 2.34. The monoisotopic (exact) mass is 141 g/mol. The first-order valence-corrected chi connectivity index (χ1v) is 3.22. The summed E-state index contributed by atoms with van der Waals surface area (Å²) in [6, 6.07) is 3.48. The Morgan fingerprint density at radius 2 is 2.56 bits per heavy atom. The molecular weight excluding hydrogens is 136 g/mol. The van der Waals surface area contributed by atoms with Gasteiger partial charge in [0, 0.05) is 0 Å². The van der Waals surface area contributed by atoms with E-state index in [2.05, 4.69) is 11.8 Å². The normalized spacial score (nSPS) is 9.00. The third-order valence-corrected chi connectivity index (χ3v) is 1.70. The fraction of sp³-hybridized carbons (Fsp3) is 0. The van der Waals surface area contributed by atoms with Gasteiger partial charge < -0.3 is 4.74 Å². The van der Waals surface area contributed by atoms with Gasteiger partial charge in [0.25, 0.3) is 0 Å². The Balaban J connectivity index is 2.77. The van der Waals surface area contributed by atoms with Gasteiger partial charge in [0.2, 0.25) is 0 Å². The first kappa shape index (κ1) is 6.29. The quantitative estimate of drug-likeness (QED) is 0.556. The summed E-state index contributed by atoms with van der Waals surface area (Å²) in [7, 11) is 3.00. The van der Waals surface area contributed by atoms with Gasteiger partial charge in [-0.05, 0) is 11.4 Å². The predicted molar refractivity (Wildman–Crippen MR) is 35.1 cm³/mol. The Labute approximate surface area is 57.1 Å². The molecule has 1 aromatic heterocycles. The second kappa shape index (κ2) is 2.64. The van der Waals surface area contributed by atoms with Crippen LogP contribution in [0.2, 0.25) is 0 Å². The lowest BCUT2D eigenvalue weighted by atomic mass is 10.5. The van der Waals surface area contributed by atoms with E-state index in [0.717, 1.165) is 0 Å². The van der Waals surface area contributed by atoms with Crippen molar-refractivity contribution in [3.05, 3.63) is 29.5 Å². The largest absolute Gasteiger partial charge is 0.458 e. The number of hydrogen-bond donors (Lipinski definition) is 0. The molecule has 0 bridgehead atoms. The molecule has 0 amide bonds. The van der Waals surface area contributed by atoms with Crippen molar-refractivity contribution < 1.29 is 9.53 Å². The number of rotatable bonds is 1. The summed E-state index contributed by atoms with van der Waals surface area (Å²) in [5, 5.41) is 1.81. The van der Waals surface area contributed by atoms with Crippen LogP contribution in [0.25, 0.3) is 0 Å². The highest BCUT2D eigenvalue weighted by atomic mass is 32.1. The Kier molecular flexibility index (Phi) is 1.85. The third kappa shape index (κ3) is 1.29. The molecule has 47 valence electrons. The lowest BCUT2D eigenvalue weighted by molar-refractivity contribution is 0.0659. The standard InChI is InChI=1S/C6H5O2S/c1-8-6(7)5-3-2-4-9-5/h2-4H,1H2. The van der Waals surface area contributed by atoms with E-state index in [4.69, 9.17) is 0 Å². The SMILES string of the molecule is [CH2]OC(=O)c1cccs1. The Morgan fingerprint density at radius 1 is 1.78 bits per heavy atom. The van der Waals surface area contributed by atoms with Crippen molar-refractivity contribution >= 4 is 17.3 Å². The highest BCUT2D eigenvalue weighted by Gasteiger charge is 2.03. The molecule has 0 aliphatic rings. The number of thiophene rings is 1. The second-order valence-corrected chi connectivity index (χ2v) is 2.36. The van der Waals surface area contributed by atoms with E-state index in [1.165, 1.54) is 11.3 Å². The van der Waals surface area contributed by atoms with Crippen LogP contribution in [0, 0.1) is 7.11 Å². The third-order valence-electron chi connectivity index (χ3n) is 0.853. The van der Waals surface area contributed by atoms with Crippen LogP contribution in [-0.4, -0.2) is 5.97 Å². The molecule has 0 aliphatic carbocycles. The fourth-order valence-electron chi connectivity index (χ4n) is 0.466. The number of ether oxygens (including phenoxy) is 1. The summed E-state index contributed by atoms with van der Waals surface area (Å²) in [6.45, 7) is 0. The second-order valence-electron chi connectivity index (χ2n) is 1.41. The predicted octanol–water partition coefficient (Wildman–Crippen LogP) is 1.70. The van der Waals surface area contributed by atoms with E-state index < -0.39 is 0 Å². The van der Waals surface area contributed by atoms with Gasteiger partial charge in [-0.1, -0.05) is 6.07 Å². The molecule has 3 heteroatoms. The average Bonchev–Trinajstić information content (AvgIpc) is 2.37. The maximum atomic E-state index is 10.6. The summed E-state index contributed by atoms with van der Waals surface area (Å²) >= 11 is 1.34.